The van der Waals surface area contributed by atoms with Crippen LogP contribution in [0.15, 0.2) is 72.3 Å². The minimum atomic E-state index is -0.779. The molecular weight excluding hydrogens is 587 g/mol. The highest BCUT2D eigenvalue weighted by Gasteiger charge is 2.62. The van der Waals surface area contributed by atoms with Crippen molar-refractivity contribution in [3.05, 3.63) is 99.0 Å². The molecule has 4 amide bonds. The van der Waals surface area contributed by atoms with Crippen molar-refractivity contribution < 1.29 is 24.3 Å². The summed E-state index contributed by atoms with van der Waals surface area (Å²) in [4.78, 5) is 58.5. The minimum absolute atomic E-state index is 0.0109. The molecule has 0 spiro atoms. The second-order valence-electron chi connectivity index (χ2n) is 12.0. The van der Waals surface area contributed by atoms with E-state index in [1.54, 1.807) is 60.7 Å². The molecule has 2 aliphatic heterocycles. The van der Waals surface area contributed by atoms with Gasteiger partial charge in [0.15, 0.2) is 0 Å². The molecule has 7 rings (SSSR count). The van der Waals surface area contributed by atoms with Crippen molar-refractivity contribution in [2.75, 3.05) is 9.80 Å². The SMILES string of the molecule is Cc1ccc(N2C(=O)[C@H]3[C@H](CC=C4[C@H]3C[C@H]3C(=O)N(c5ccc(C)c(Cl)c5)C(=O)[C@H]3[C@H]4c3ccccc3O)C2=O)cc1Cl. The Balaban J connectivity index is 1.33. The maximum Gasteiger partial charge on any atom is 0.238 e. The quantitative estimate of drug-likeness (QED) is 0.273. The van der Waals surface area contributed by atoms with Crippen LogP contribution in [0.1, 0.15) is 35.4 Å². The Morgan fingerprint density at radius 2 is 1.26 bits per heavy atom. The number of nitrogens with zero attached hydrogens (tertiary/aromatic N) is 2. The molecule has 2 saturated heterocycles. The molecule has 0 bridgehead atoms. The van der Waals surface area contributed by atoms with Gasteiger partial charge in [0.25, 0.3) is 0 Å². The number of carbonyl (C=O) groups is 4. The summed E-state index contributed by atoms with van der Waals surface area (Å²) in [6, 6.07) is 17.0. The molecule has 3 fully saturated rings. The van der Waals surface area contributed by atoms with Crippen molar-refractivity contribution in [2.45, 2.75) is 32.6 Å². The Morgan fingerprint density at radius 1 is 0.698 bits per heavy atom. The number of carbonyl (C=O) groups excluding carboxylic acids is 4. The van der Waals surface area contributed by atoms with E-state index in [0.717, 1.165) is 16.7 Å². The number of rotatable bonds is 3. The number of imide groups is 2. The molecule has 1 saturated carbocycles. The predicted octanol–water partition coefficient (Wildman–Crippen LogP) is 6.36. The fraction of sp³-hybridized carbons (Fsp3) is 0.294. The number of para-hydroxylation sites is 1. The van der Waals surface area contributed by atoms with Gasteiger partial charge >= 0.3 is 0 Å². The Morgan fingerprint density at radius 3 is 1.84 bits per heavy atom. The number of amides is 4. The maximum atomic E-state index is 14.2. The number of aromatic hydroxyl groups is 1. The van der Waals surface area contributed by atoms with Crippen LogP contribution in [0.2, 0.25) is 10.0 Å². The van der Waals surface area contributed by atoms with Gasteiger partial charge in [0, 0.05) is 21.5 Å². The molecule has 43 heavy (non-hydrogen) atoms. The first kappa shape index (κ1) is 27.9. The van der Waals surface area contributed by atoms with Crippen LogP contribution in [-0.4, -0.2) is 28.7 Å². The van der Waals surface area contributed by atoms with Gasteiger partial charge in [-0.1, -0.05) is 65.2 Å². The predicted molar refractivity (Wildman–Crippen MR) is 163 cm³/mol. The fourth-order valence-corrected chi connectivity index (χ4v) is 7.99. The lowest BCUT2D eigenvalue weighted by atomic mass is 9.57. The van der Waals surface area contributed by atoms with E-state index in [4.69, 9.17) is 23.2 Å². The maximum absolute atomic E-state index is 14.2. The van der Waals surface area contributed by atoms with E-state index in [-0.39, 0.29) is 35.8 Å². The van der Waals surface area contributed by atoms with Crippen molar-refractivity contribution in [3.63, 3.8) is 0 Å². The summed E-state index contributed by atoms with van der Waals surface area (Å²) in [5.74, 6) is -5.28. The van der Waals surface area contributed by atoms with E-state index in [2.05, 4.69) is 0 Å². The van der Waals surface area contributed by atoms with Crippen molar-refractivity contribution in [1.82, 2.24) is 0 Å². The summed E-state index contributed by atoms with van der Waals surface area (Å²) >= 11 is 12.7. The first-order valence-corrected chi connectivity index (χ1v) is 15.1. The lowest BCUT2D eigenvalue weighted by Crippen LogP contribution is -2.43. The average molecular weight is 616 g/mol. The van der Waals surface area contributed by atoms with Crippen LogP contribution in [0, 0.1) is 43.4 Å². The van der Waals surface area contributed by atoms with Gasteiger partial charge in [0.1, 0.15) is 5.75 Å². The van der Waals surface area contributed by atoms with Crippen LogP contribution in [0.5, 0.6) is 5.75 Å². The Bertz CT molecular complexity index is 1780. The first-order valence-electron chi connectivity index (χ1n) is 14.3. The Hall–Kier alpha value is -3.94. The van der Waals surface area contributed by atoms with E-state index >= 15 is 0 Å². The van der Waals surface area contributed by atoms with Gasteiger partial charge < -0.3 is 5.11 Å². The molecule has 2 aliphatic carbocycles. The zero-order valence-corrected chi connectivity index (χ0v) is 25.0. The number of allylic oxidation sites excluding steroid dienone is 2. The second kappa shape index (κ2) is 10.1. The van der Waals surface area contributed by atoms with Crippen LogP contribution in [0.4, 0.5) is 11.4 Å². The zero-order valence-electron chi connectivity index (χ0n) is 23.5. The summed E-state index contributed by atoms with van der Waals surface area (Å²) in [5, 5.41) is 11.9. The number of hydrogen-bond donors (Lipinski definition) is 1. The standard InChI is InChI=1S/C34H28Cl2N2O5/c1-16-7-9-18(13-25(16)35)37-31(40)22-12-11-20-23(29(22)33(37)42)15-24-30(28(20)21-5-3-4-6-27(21)39)34(43)38(32(24)41)19-10-8-17(2)26(36)14-19/h3-11,13-14,22-24,28-30,39H,12,15H2,1-2H3/t22-,23+,24+,28+,29-,30+/m0/s1. The molecule has 4 aliphatic rings. The largest absolute Gasteiger partial charge is 0.508 e. The molecule has 6 atom stereocenters. The molecule has 7 nitrogen and oxygen atoms in total. The van der Waals surface area contributed by atoms with E-state index in [0.29, 0.717) is 33.4 Å². The van der Waals surface area contributed by atoms with Crippen LogP contribution in [-0.2, 0) is 19.2 Å². The molecule has 0 radical (unpaired) electrons. The molecule has 0 unspecified atom stereocenters. The smallest absolute Gasteiger partial charge is 0.238 e. The third-order valence-corrected chi connectivity index (χ3v) is 10.6. The number of anilines is 2. The summed E-state index contributed by atoms with van der Waals surface area (Å²) in [6.07, 6.45) is 2.52. The summed E-state index contributed by atoms with van der Waals surface area (Å²) in [6.45, 7) is 3.69. The van der Waals surface area contributed by atoms with E-state index in [1.807, 2.05) is 19.9 Å². The van der Waals surface area contributed by atoms with Crippen molar-refractivity contribution in [3.8, 4) is 5.75 Å². The van der Waals surface area contributed by atoms with Crippen molar-refractivity contribution >= 4 is 58.2 Å². The molecule has 0 aromatic heterocycles. The number of fused-ring (bicyclic) bond motifs is 4. The molecule has 2 heterocycles. The molecule has 9 heteroatoms. The number of halogens is 2. The Labute approximate surface area is 258 Å². The zero-order chi connectivity index (χ0) is 30.3. The topological polar surface area (TPSA) is 95.0 Å². The van der Waals surface area contributed by atoms with Gasteiger partial charge in [0.2, 0.25) is 23.6 Å². The summed E-state index contributed by atoms with van der Waals surface area (Å²) in [7, 11) is 0. The van der Waals surface area contributed by atoms with Gasteiger partial charge in [-0.15, -0.1) is 0 Å². The Kier molecular flexibility index (Phi) is 6.52. The highest BCUT2D eigenvalue weighted by molar-refractivity contribution is 6.33. The molecule has 218 valence electrons. The number of hydrogen-bond acceptors (Lipinski definition) is 5. The van der Waals surface area contributed by atoms with Gasteiger partial charge in [0.05, 0.1) is 35.0 Å². The highest BCUT2D eigenvalue weighted by Crippen LogP contribution is 2.59. The number of benzene rings is 3. The highest BCUT2D eigenvalue weighted by atomic mass is 35.5. The van der Waals surface area contributed by atoms with E-state index in [1.165, 1.54) is 9.80 Å². The van der Waals surface area contributed by atoms with Crippen LogP contribution >= 0.6 is 23.2 Å². The third-order valence-electron chi connectivity index (χ3n) is 9.75. The second-order valence-corrected chi connectivity index (χ2v) is 12.8. The number of phenols is 1. The van der Waals surface area contributed by atoms with Crippen LogP contribution in [0.25, 0.3) is 0 Å². The summed E-state index contributed by atoms with van der Waals surface area (Å²) < 4.78 is 0. The number of phenolic OH excluding ortho intramolecular Hbond substituents is 1. The lowest BCUT2D eigenvalue weighted by Gasteiger charge is -2.44. The van der Waals surface area contributed by atoms with Gasteiger partial charge in [-0.25, -0.2) is 9.80 Å². The molecular formula is C34H28Cl2N2O5. The monoisotopic (exact) mass is 614 g/mol. The average Bonchev–Trinajstić information content (AvgIpc) is 3.39. The van der Waals surface area contributed by atoms with Crippen molar-refractivity contribution in [1.29, 1.82) is 0 Å². The van der Waals surface area contributed by atoms with Crippen LogP contribution < -0.4 is 9.80 Å². The summed E-state index contributed by atoms with van der Waals surface area (Å²) in [5.41, 5.74) is 3.80. The molecule has 1 N–H and O–H groups in total. The fourth-order valence-electron chi connectivity index (χ4n) is 7.64. The van der Waals surface area contributed by atoms with Crippen molar-refractivity contribution in [2.24, 2.45) is 29.6 Å². The normalized spacial score (nSPS) is 28.1. The van der Waals surface area contributed by atoms with E-state index < -0.39 is 35.5 Å². The molecule has 3 aromatic carbocycles. The lowest BCUT2D eigenvalue weighted by molar-refractivity contribution is -0.126. The number of aryl methyl sites for hydroxylation is 2. The minimum Gasteiger partial charge on any atom is -0.508 e. The van der Waals surface area contributed by atoms with E-state index in [9.17, 15) is 24.3 Å². The van der Waals surface area contributed by atoms with Gasteiger partial charge in [-0.2, -0.15) is 0 Å². The third kappa shape index (κ3) is 4.09. The van der Waals surface area contributed by atoms with Gasteiger partial charge in [-0.05, 0) is 74.1 Å². The van der Waals surface area contributed by atoms with Crippen LogP contribution in [0.3, 0.4) is 0 Å². The first-order chi connectivity index (χ1) is 20.6. The molecule has 3 aromatic rings. The van der Waals surface area contributed by atoms with Gasteiger partial charge in [-0.3, -0.25) is 19.2 Å².